The van der Waals surface area contributed by atoms with Gasteiger partial charge in [0, 0.05) is 6.61 Å². The molecule has 0 saturated carbocycles. The van der Waals surface area contributed by atoms with E-state index in [0.717, 1.165) is 23.5 Å². The lowest BCUT2D eigenvalue weighted by Crippen LogP contribution is -2.20. The molecule has 0 rings (SSSR count). The van der Waals surface area contributed by atoms with Crippen LogP contribution in [0, 0.1) is 5.41 Å². The summed E-state index contributed by atoms with van der Waals surface area (Å²) < 4.78 is 5.32. The van der Waals surface area contributed by atoms with Crippen molar-refractivity contribution in [2.75, 3.05) is 6.61 Å². The van der Waals surface area contributed by atoms with Gasteiger partial charge >= 0.3 is 0 Å². The van der Waals surface area contributed by atoms with Gasteiger partial charge in [-0.15, -0.1) is 6.58 Å². The van der Waals surface area contributed by atoms with Crippen LogP contribution in [0.3, 0.4) is 0 Å². The molecule has 0 aliphatic carbocycles. The van der Waals surface area contributed by atoms with E-state index in [4.69, 9.17) is 4.43 Å². The quantitative estimate of drug-likeness (QED) is 0.424. The van der Waals surface area contributed by atoms with E-state index in [9.17, 15) is 0 Å². The second kappa shape index (κ2) is 8.24. The van der Waals surface area contributed by atoms with Gasteiger partial charge in [-0.05, 0) is 24.7 Å². The van der Waals surface area contributed by atoms with Gasteiger partial charge in [0.05, 0.1) is 0 Å². The second-order valence-corrected chi connectivity index (χ2v) is 4.74. The molecule has 0 N–H and O–H groups in total. The van der Waals surface area contributed by atoms with E-state index in [2.05, 4.69) is 26.5 Å². The Hall–Kier alpha value is -0.0831. The van der Waals surface area contributed by atoms with E-state index in [0.29, 0.717) is 5.41 Å². The molecule has 2 heteroatoms. The molecule has 0 saturated heterocycles. The minimum absolute atomic E-state index is 0.356. The first-order valence-electron chi connectivity index (χ1n) is 5.87. The third-order valence-electron chi connectivity index (χ3n) is 3.01. The standard InChI is InChI=1S/C12H26OSi/c1-4-7-9-12(6-3,8-5-2)10-11-13-14/h6H,3-5,7-11H2,1-2,14H3. The van der Waals surface area contributed by atoms with E-state index in [1.165, 1.54) is 32.1 Å². The van der Waals surface area contributed by atoms with Crippen molar-refractivity contribution in [1.29, 1.82) is 0 Å². The predicted molar refractivity (Wildman–Crippen MR) is 67.6 cm³/mol. The largest absolute Gasteiger partial charge is 0.428 e. The molecule has 0 radical (unpaired) electrons. The first kappa shape index (κ1) is 13.9. The van der Waals surface area contributed by atoms with Gasteiger partial charge in [-0.1, -0.05) is 39.2 Å². The first-order chi connectivity index (χ1) is 6.74. The smallest absolute Gasteiger partial charge is 0.145 e. The Morgan fingerprint density at radius 1 is 1.21 bits per heavy atom. The summed E-state index contributed by atoms with van der Waals surface area (Å²) in [5.74, 6) is 0. The van der Waals surface area contributed by atoms with Crippen molar-refractivity contribution in [3.05, 3.63) is 12.7 Å². The molecule has 0 fully saturated rings. The molecule has 0 aromatic carbocycles. The summed E-state index contributed by atoms with van der Waals surface area (Å²) in [6, 6.07) is 0. The fourth-order valence-corrected chi connectivity index (χ4v) is 2.22. The van der Waals surface area contributed by atoms with Gasteiger partial charge in [0.25, 0.3) is 0 Å². The maximum absolute atomic E-state index is 5.32. The average molecular weight is 214 g/mol. The molecule has 0 aromatic heterocycles. The predicted octanol–water partition coefficient (Wildman–Crippen LogP) is 2.84. The zero-order chi connectivity index (χ0) is 10.9. The molecule has 0 spiro atoms. The summed E-state index contributed by atoms with van der Waals surface area (Å²) in [7, 11) is 0.860. The molecule has 0 aromatic rings. The number of unbranched alkanes of at least 4 members (excludes halogenated alkanes) is 1. The molecule has 0 heterocycles. The highest BCUT2D eigenvalue weighted by Gasteiger charge is 2.24. The maximum Gasteiger partial charge on any atom is 0.145 e. The third-order valence-corrected chi connectivity index (χ3v) is 3.42. The van der Waals surface area contributed by atoms with Gasteiger partial charge in [0.1, 0.15) is 10.5 Å². The summed E-state index contributed by atoms with van der Waals surface area (Å²) in [6.07, 6.45) is 9.72. The summed E-state index contributed by atoms with van der Waals surface area (Å²) >= 11 is 0. The molecular weight excluding hydrogens is 188 g/mol. The van der Waals surface area contributed by atoms with E-state index in [-0.39, 0.29) is 0 Å². The molecule has 1 atom stereocenters. The van der Waals surface area contributed by atoms with Gasteiger partial charge in [-0.3, -0.25) is 0 Å². The average Bonchev–Trinajstić information content (AvgIpc) is 2.22. The van der Waals surface area contributed by atoms with Crippen molar-refractivity contribution in [3.8, 4) is 0 Å². The number of hydrogen-bond acceptors (Lipinski definition) is 1. The maximum atomic E-state index is 5.32. The Balaban J connectivity index is 4.18. The Kier molecular flexibility index (Phi) is 8.19. The van der Waals surface area contributed by atoms with Gasteiger partial charge < -0.3 is 4.43 Å². The molecular formula is C12H26OSi. The van der Waals surface area contributed by atoms with Crippen LogP contribution in [0.4, 0.5) is 0 Å². The van der Waals surface area contributed by atoms with Crippen LogP contribution >= 0.6 is 0 Å². The topological polar surface area (TPSA) is 9.23 Å². The Bertz CT molecular complexity index is 137. The van der Waals surface area contributed by atoms with Crippen molar-refractivity contribution in [2.45, 2.75) is 52.4 Å². The van der Waals surface area contributed by atoms with Gasteiger partial charge in [0.15, 0.2) is 0 Å². The summed E-state index contributed by atoms with van der Waals surface area (Å²) in [5, 5.41) is 0. The van der Waals surface area contributed by atoms with Crippen molar-refractivity contribution >= 4 is 10.5 Å². The van der Waals surface area contributed by atoms with E-state index in [1.807, 2.05) is 0 Å². The van der Waals surface area contributed by atoms with Crippen LogP contribution in [0.1, 0.15) is 52.4 Å². The minimum Gasteiger partial charge on any atom is -0.428 e. The highest BCUT2D eigenvalue weighted by molar-refractivity contribution is 5.97. The van der Waals surface area contributed by atoms with E-state index in [1.54, 1.807) is 0 Å². The Morgan fingerprint density at radius 2 is 1.93 bits per heavy atom. The number of rotatable bonds is 9. The molecule has 0 amide bonds. The van der Waals surface area contributed by atoms with Crippen molar-refractivity contribution < 1.29 is 4.43 Å². The van der Waals surface area contributed by atoms with Crippen molar-refractivity contribution in [2.24, 2.45) is 5.41 Å². The fourth-order valence-electron chi connectivity index (χ4n) is 2.01. The third kappa shape index (κ3) is 4.96. The lowest BCUT2D eigenvalue weighted by Gasteiger charge is -2.30. The zero-order valence-electron chi connectivity index (χ0n) is 10.1. The lowest BCUT2D eigenvalue weighted by molar-refractivity contribution is 0.220. The lowest BCUT2D eigenvalue weighted by atomic mass is 9.76. The highest BCUT2D eigenvalue weighted by Crippen LogP contribution is 2.35. The first-order valence-corrected chi connectivity index (χ1v) is 6.69. The summed E-state index contributed by atoms with van der Waals surface area (Å²) in [6.45, 7) is 9.44. The van der Waals surface area contributed by atoms with Crippen LogP contribution in [0.25, 0.3) is 0 Å². The normalized spacial score (nSPS) is 15.3. The summed E-state index contributed by atoms with van der Waals surface area (Å²) in [4.78, 5) is 0. The Labute approximate surface area is 92.5 Å². The van der Waals surface area contributed by atoms with E-state index >= 15 is 0 Å². The van der Waals surface area contributed by atoms with Crippen LogP contribution in [-0.2, 0) is 4.43 Å². The van der Waals surface area contributed by atoms with Crippen LogP contribution < -0.4 is 0 Å². The molecule has 1 nitrogen and oxygen atoms in total. The van der Waals surface area contributed by atoms with Crippen LogP contribution in [0.5, 0.6) is 0 Å². The fraction of sp³-hybridized carbons (Fsp3) is 0.833. The van der Waals surface area contributed by atoms with E-state index < -0.39 is 0 Å². The van der Waals surface area contributed by atoms with Crippen molar-refractivity contribution in [1.82, 2.24) is 0 Å². The van der Waals surface area contributed by atoms with Crippen LogP contribution in [-0.4, -0.2) is 17.1 Å². The molecule has 1 unspecified atom stereocenters. The number of allylic oxidation sites excluding steroid dienone is 1. The van der Waals surface area contributed by atoms with Crippen molar-refractivity contribution in [3.63, 3.8) is 0 Å². The monoisotopic (exact) mass is 214 g/mol. The van der Waals surface area contributed by atoms with Gasteiger partial charge in [-0.25, -0.2) is 0 Å². The molecule has 0 bridgehead atoms. The zero-order valence-corrected chi connectivity index (χ0v) is 12.1. The highest BCUT2D eigenvalue weighted by atomic mass is 28.2. The second-order valence-electron chi connectivity index (χ2n) is 4.16. The van der Waals surface area contributed by atoms with Gasteiger partial charge in [-0.2, -0.15) is 0 Å². The molecule has 84 valence electrons. The Morgan fingerprint density at radius 3 is 2.36 bits per heavy atom. The van der Waals surface area contributed by atoms with Crippen LogP contribution in [0.15, 0.2) is 12.7 Å². The van der Waals surface area contributed by atoms with Crippen LogP contribution in [0.2, 0.25) is 0 Å². The van der Waals surface area contributed by atoms with Gasteiger partial charge in [0.2, 0.25) is 0 Å². The summed E-state index contributed by atoms with van der Waals surface area (Å²) in [5.41, 5.74) is 0.356. The molecule has 14 heavy (non-hydrogen) atoms. The molecule has 0 aliphatic rings. The number of hydrogen-bond donors (Lipinski definition) is 0. The SMILES string of the molecule is C=CC(CCC)(CCCC)CCO[SiH3]. The minimum atomic E-state index is 0.356. The molecule has 0 aliphatic heterocycles.